The molecule has 2 fully saturated rings. The molecule has 2 aliphatic rings. The molecule has 4 aromatic heterocycles. The van der Waals surface area contributed by atoms with Crippen LogP contribution in [-0.2, 0) is 5.54 Å². The van der Waals surface area contributed by atoms with E-state index < -0.39 is 0 Å². The Morgan fingerprint density at radius 3 is 2.48 bits per heavy atom. The van der Waals surface area contributed by atoms with Gasteiger partial charge in [0.2, 0.25) is 0 Å². The van der Waals surface area contributed by atoms with Crippen LogP contribution in [0.25, 0.3) is 16.9 Å². The van der Waals surface area contributed by atoms with E-state index in [4.69, 9.17) is 0 Å². The first-order chi connectivity index (χ1) is 19.2. The molecule has 0 bridgehead atoms. The van der Waals surface area contributed by atoms with Crippen LogP contribution in [0.4, 0.5) is 11.4 Å². The third kappa shape index (κ3) is 5.33. The summed E-state index contributed by atoms with van der Waals surface area (Å²) < 4.78 is 3.54. The van der Waals surface area contributed by atoms with E-state index in [1.54, 1.807) is 16.9 Å². The Kier molecular flexibility index (Phi) is 6.61. The maximum absolute atomic E-state index is 13.0. The van der Waals surface area contributed by atoms with Crippen LogP contribution >= 0.6 is 0 Å². The second-order valence-corrected chi connectivity index (χ2v) is 11.8. The number of pyridine rings is 2. The van der Waals surface area contributed by atoms with E-state index in [0.717, 1.165) is 66.2 Å². The molecule has 0 spiro atoms. The monoisotopic (exact) mass is 540 g/mol. The second-order valence-electron chi connectivity index (χ2n) is 11.8. The van der Waals surface area contributed by atoms with Crippen molar-refractivity contribution in [2.45, 2.75) is 59.0 Å². The standard InChI is InChI=1S/C29H36N10O/c1-19-12-25(34-39(19)29(3,4)5)28(40)32-22-14-27(20(2)31-16-22)38-18-26(33-35-38)21-13-24(17-30-15-21)37-10-8-36(9-11-37)23-6-7-23/h12-18,23H,6-11H2,1-5H3,(H,32,40). The average molecular weight is 541 g/mol. The first kappa shape index (κ1) is 26.1. The van der Waals surface area contributed by atoms with E-state index in [-0.39, 0.29) is 11.4 Å². The number of piperazine rings is 1. The first-order valence-electron chi connectivity index (χ1n) is 13.9. The number of hydrogen-bond acceptors (Lipinski definition) is 8. The Hall–Kier alpha value is -4.12. The van der Waals surface area contributed by atoms with Crippen LogP contribution < -0.4 is 10.2 Å². The summed E-state index contributed by atoms with van der Waals surface area (Å²) in [6, 6.07) is 6.58. The van der Waals surface area contributed by atoms with Gasteiger partial charge in [-0.3, -0.25) is 24.3 Å². The van der Waals surface area contributed by atoms with Crippen molar-refractivity contribution in [3.8, 4) is 16.9 Å². The zero-order valence-corrected chi connectivity index (χ0v) is 23.8. The average Bonchev–Trinajstić information content (AvgIpc) is 3.52. The number of amides is 1. The van der Waals surface area contributed by atoms with E-state index >= 15 is 0 Å². The molecule has 11 heteroatoms. The fourth-order valence-corrected chi connectivity index (χ4v) is 5.32. The van der Waals surface area contributed by atoms with Crippen LogP contribution in [0.15, 0.2) is 43.0 Å². The van der Waals surface area contributed by atoms with Gasteiger partial charge in [0, 0.05) is 49.7 Å². The van der Waals surface area contributed by atoms with Gasteiger partial charge >= 0.3 is 0 Å². The molecule has 1 aliphatic heterocycles. The number of carbonyl (C=O) groups excluding carboxylic acids is 1. The molecule has 1 saturated carbocycles. The van der Waals surface area contributed by atoms with E-state index in [0.29, 0.717) is 11.4 Å². The van der Waals surface area contributed by atoms with Crippen LogP contribution in [0.2, 0.25) is 0 Å². The predicted octanol–water partition coefficient (Wildman–Crippen LogP) is 3.83. The molecule has 11 nitrogen and oxygen atoms in total. The van der Waals surface area contributed by atoms with Gasteiger partial charge in [-0.1, -0.05) is 5.21 Å². The Balaban J connectivity index is 1.18. The molecule has 4 aromatic rings. The fourth-order valence-electron chi connectivity index (χ4n) is 5.32. The van der Waals surface area contributed by atoms with Crippen molar-refractivity contribution in [3.63, 3.8) is 0 Å². The van der Waals surface area contributed by atoms with Gasteiger partial charge in [0.05, 0.1) is 46.9 Å². The third-order valence-electron chi connectivity index (χ3n) is 7.58. The van der Waals surface area contributed by atoms with E-state index in [1.165, 1.54) is 12.8 Å². The Morgan fingerprint density at radius 2 is 1.77 bits per heavy atom. The van der Waals surface area contributed by atoms with Crippen LogP contribution in [0.1, 0.15) is 55.5 Å². The summed E-state index contributed by atoms with van der Waals surface area (Å²) in [6.45, 7) is 14.2. The highest BCUT2D eigenvalue weighted by atomic mass is 16.2. The van der Waals surface area contributed by atoms with Crippen molar-refractivity contribution < 1.29 is 4.79 Å². The zero-order valence-electron chi connectivity index (χ0n) is 23.8. The minimum Gasteiger partial charge on any atom is -0.368 e. The molecule has 5 heterocycles. The minimum absolute atomic E-state index is 0.216. The third-order valence-corrected chi connectivity index (χ3v) is 7.58. The maximum Gasteiger partial charge on any atom is 0.276 e. The number of anilines is 2. The molecular formula is C29H36N10O. The summed E-state index contributed by atoms with van der Waals surface area (Å²) >= 11 is 0. The first-order valence-corrected chi connectivity index (χ1v) is 13.9. The molecule has 0 unspecified atom stereocenters. The summed E-state index contributed by atoms with van der Waals surface area (Å²) in [5, 5.41) is 16.2. The van der Waals surface area contributed by atoms with Gasteiger partial charge in [-0.25, -0.2) is 4.68 Å². The number of aryl methyl sites for hydroxylation is 2. The lowest BCUT2D eigenvalue weighted by Crippen LogP contribution is -2.47. The maximum atomic E-state index is 13.0. The Bertz CT molecular complexity index is 1540. The van der Waals surface area contributed by atoms with Gasteiger partial charge < -0.3 is 10.2 Å². The van der Waals surface area contributed by atoms with Crippen molar-refractivity contribution in [2.75, 3.05) is 36.4 Å². The lowest BCUT2D eigenvalue weighted by atomic mass is 10.1. The van der Waals surface area contributed by atoms with Gasteiger partial charge in [-0.15, -0.1) is 5.10 Å². The molecule has 1 aliphatic carbocycles. The van der Waals surface area contributed by atoms with Crippen LogP contribution in [0.3, 0.4) is 0 Å². The molecule has 1 N–H and O–H groups in total. The van der Waals surface area contributed by atoms with E-state index in [1.807, 2.05) is 43.2 Å². The number of aromatic nitrogens is 7. The fraction of sp³-hybridized carbons (Fsp3) is 0.448. The van der Waals surface area contributed by atoms with Crippen LogP contribution in [0.5, 0.6) is 0 Å². The van der Waals surface area contributed by atoms with Crippen molar-refractivity contribution in [2.24, 2.45) is 0 Å². The molecular weight excluding hydrogens is 504 g/mol. The SMILES string of the molecule is Cc1ncc(NC(=O)c2cc(C)n(C(C)(C)C)n2)cc1-n1cc(-c2cncc(N3CCN(C4CC4)CC3)c2)nn1. The van der Waals surface area contributed by atoms with Crippen LogP contribution in [-0.4, -0.2) is 77.8 Å². The number of carbonyl (C=O) groups is 1. The number of nitrogens with zero attached hydrogens (tertiary/aromatic N) is 9. The number of rotatable bonds is 6. The van der Waals surface area contributed by atoms with Crippen molar-refractivity contribution in [1.29, 1.82) is 0 Å². The van der Waals surface area contributed by atoms with Gasteiger partial charge in [0.25, 0.3) is 5.91 Å². The highest BCUT2D eigenvalue weighted by Crippen LogP contribution is 2.29. The molecule has 1 amide bonds. The summed E-state index contributed by atoms with van der Waals surface area (Å²) in [5.41, 5.74) is 5.86. The van der Waals surface area contributed by atoms with Crippen molar-refractivity contribution in [3.05, 3.63) is 60.1 Å². The van der Waals surface area contributed by atoms with Gasteiger partial charge in [-0.2, -0.15) is 5.10 Å². The summed E-state index contributed by atoms with van der Waals surface area (Å²) in [5.74, 6) is -0.289. The van der Waals surface area contributed by atoms with E-state index in [2.05, 4.69) is 67.3 Å². The molecule has 40 heavy (non-hydrogen) atoms. The molecule has 208 valence electrons. The van der Waals surface area contributed by atoms with Gasteiger partial charge in [0.1, 0.15) is 5.69 Å². The largest absolute Gasteiger partial charge is 0.368 e. The normalized spacial score (nSPS) is 16.4. The van der Waals surface area contributed by atoms with Crippen molar-refractivity contribution >= 4 is 17.3 Å². The summed E-state index contributed by atoms with van der Waals surface area (Å²) in [4.78, 5) is 27.0. The smallest absolute Gasteiger partial charge is 0.276 e. The lowest BCUT2D eigenvalue weighted by Gasteiger charge is -2.36. The topological polar surface area (TPSA) is 110 Å². The van der Waals surface area contributed by atoms with E-state index in [9.17, 15) is 4.79 Å². The quantitative estimate of drug-likeness (QED) is 0.393. The molecule has 1 saturated heterocycles. The minimum atomic E-state index is -0.289. The summed E-state index contributed by atoms with van der Waals surface area (Å²) in [6.07, 6.45) is 9.94. The second kappa shape index (κ2) is 10.1. The highest BCUT2D eigenvalue weighted by molar-refractivity contribution is 6.03. The Morgan fingerprint density at radius 1 is 1.00 bits per heavy atom. The lowest BCUT2D eigenvalue weighted by molar-refractivity contribution is 0.102. The Labute approximate surface area is 234 Å². The zero-order chi connectivity index (χ0) is 28.0. The number of nitrogens with one attached hydrogen (secondary N) is 1. The number of hydrogen-bond donors (Lipinski definition) is 1. The molecule has 0 aromatic carbocycles. The predicted molar refractivity (Wildman–Crippen MR) is 154 cm³/mol. The van der Waals surface area contributed by atoms with Gasteiger partial charge in [0.15, 0.2) is 5.69 Å². The van der Waals surface area contributed by atoms with Crippen molar-refractivity contribution in [1.82, 2.24) is 39.6 Å². The summed E-state index contributed by atoms with van der Waals surface area (Å²) in [7, 11) is 0. The van der Waals surface area contributed by atoms with Gasteiger partial charge in [-0.05, 0) is 65.7 Å². The molecule has 0 radical (unpaired) electrons. The van der Waals surface area contributed by atoms with Crippen LogP contribution in [0, 0.1) is 13.8 Å². The highest BCUT2D eigenvalue weighted by Gasteiger charge is 2.31. The molecule has 0 atom stereocenters. The molecule has 6 rings (SSSR count).